The maximum absolute atomic E-state index is 13.0. The van der Waals surface area contributed by atoms with Crippen LogP contribution >= 0.6 is 0 Å². The fourth-order valence-electron chi connectivity index (χ4n) is 2.77. The first-order valence-electron chi connectivity index (χ1n) is 7.45. The van der Waals surface area contributed by atoms with Gasteiger partial charge in [-0.05, 0) is 31.2 Å². The van der Waals surface area contributed by atoms with E-state index in [2.05, 4.69) is 15.7 Å². The summed E-state index contributed by atoms with van der Waals surface area (Å²) in [5.41, 5.74) is 1.91. The van der Waals surface area contributed by atoms with Crippen LogP contribution in [0.4, 0.5) is 4.39 Å². The van der Waals surface area contributed by atoms with Crippen molar-refractivity contribution < 1.29 is 13.9 Å². The number of hydrogen-bond acceptors (Lipinski definition) is 4. The SMILES string of the molecule is COC1CNCC1NC(=O)c1cnn(-c2ccc(F)cc2)c1C. The number of rotatable bonds is 4. The van der Waals surface area contributed by atoms with Crippen molar-refractivity contribution in [3.05, 3.63) is 47.5 Å². The Morgan fingerprint density at radius 1 is 1.39 bits per heavy atom. The van der Waals surface area contributed by atoms with Gasteiger partial charge in [-0.2, -0.15) is 5.10 Å². The van der Waals surface area contributed by atoms with Crippen LogP contribution in [0.5, 0.6) is 0 Å². The van der Waals surface area contributed by atoms with E-state index < -0.39 is 0 Å². The summed E-state index contributed by atoms with van der Waals surface area (Å²) in [6, 6.07) is 5.91. The molecule has 2 heterocycles. The van der Waals surface area contributed by atoms with Crippen LogP contribution in [0.1, 0.15) is 16.1 Å². The molecule has 6 nitrogen and oxygen atoms in total. The maximum atomic E-state index is 13.0. The van der Waals surface area contributed by atoms with E-state index in [1.807, 2.05) is 6.92 Å². The highest BCUT2D eigenvalue weighted by molar-refractivity contribution is 5.95. The number of carbonyl (C=O) groups excluding carboxylic acids is 1. The van der Waals surface area contributed by atoms with E-state index in [4.69, 9.17) is 4.74 Å². The number of benzene rings is 1. The lowest BCUT2D eigenvalue weighted by Crippen LogP contribution is -2.43. The van der Waals surface area contributed by atoms with E-state index in [1.54, 1.807) is 23.9 Å². The molecule has 0 radical (unpaired) electrons. The average Bonchev–Trinajstić information content (AvgIpc) is 3.14. The summed E-state index contributed by atoms with van der Waals surface area (Å²) >= 11 is 0. The molecule has 1 fully saturated rings. The zero-order valence-electron chi connectivity index (χ0n) is 13.0. The Morgan fingerprint density at radius 2 is 2.13 bits per heavy atom. The van der Waals surface area contributed by atoms with Crippen LogP contribution in [0.15, 0.2) is 30.5 Å². The Balaban J connectivity index is 1.78. The molecule has 1 amide bonds. The molecule has 2 atom stereocenters. The van der Waals surface area contributed by atoms with Crippen LogP contribution in [-0.2, 0) is 4.74 Å². The van der Waals surface area contributed by atoms with Gasteiger partial charge in [-0.25, -0.2) is 9.07 Å². The van der Waals surface area contributed by atoms with Gasteiger partial charge in [-0.15, -0.1) is 0 Å². The van der Waals surface area contributed by atoms with E-state index in [-0.39, 0.29) is 23.9 Å². The lowest BCUT2D eigenvalue weighted by Gasteiger charge is -2.18. The highest BCUT2D eigenvalue weighted by Crippen LogP contribution is 2.15. The van der Waals surface area contributed by atoms with Crippen molar-refractivity contribution in [3.8, 4) is 5.69 Å². The van der Waals surface area contributed by atoms with E-state index in [9.17, 15) is 9.18 Å². The largest absolute Gasteiger partial charge is 0.378 e. The number of carbonyl (C=O) groups is 1. The third kappa shape index (κ3) is 3.11. The molecule has 122 valence electrons. The summed E-state index contributed by atoms with van der Waals surface area (Å²) < 4.78 is 20.0. The molecule has 0 saturated carbocycles. The molecule has 2 aromatic rings. The Morgan fingerprint density at radius 3 is 2.83 bits per heavy atom. The maximum Gasteiger partial charge on any atom is 0.255 e. The van der Waals surface area contributed by atoms with Crippen LogP contribution in [0.3, 0.4) is 0 Å². The molecule has 2 unspecified atom stereocenters. The monoisotopic (exact) mass is 318 g/mol. The highest BCUT2D eigenvalue weighted by Gasteiger charge is 2.29. The lowest BCUT2D eigenvalue weighted by atomic mass is 10.2. The Hall–Kier alpha value is -2.25. The van der Waals surface area contributed by atoms with Gasteiger partial charge in [0.25, 0.3) is 5.91 Å². The molecule has 1 saturated heterocycles. The zero-order chi connectivity index (χ0) is 16.4. The molecular weight excluding hydrogens is 299 g/mol. The van der Waals surface area contributed by atoms with Crippen molar-refractivity contribution in [1.82, 2.24) is 20.4 Å². The molecule has 1 aliphatic heterocycles. The van der Waals surface area contributed by atoms with Crippen LogP contribution in [0, 0.1) is 12.7 Å². The smallest absolute Gasteiger partial charge is 0.255 e. The highest BCUT2D eigenvalue weighted by atomic mass is 19.1. The number of methoxy groups -OCH3 is 1. The third-order valence-electron chi connectivity index (χ3n) is 4.10. The van der Waals surface area contributed by atoms with Gasteiger partial charge < -0.3 is 15.4 Å². The van der Waals surface area contributed by atoms with Gasteiger partial charge in [0.15, 0.2) is 0 Å². The number of halogens is 1. The van der Waals surface area contributed by atoms with Crippen molar-refractivity contribution in [2.24, 2.45) is 0 Å². The van der Waals surface area contributed by atoms with Crippen molar-refractivity contribution in [2.75, 3.05) is 20.2 Å². The first-order chi connectivity index (χ1) is 11.1. The predicted molar refractivity (Wildman–Crippen MR) is 83.2 cm³/mol. The standard InChI is InChI=1S/C16H19FN4O2/c1-10-13(16(22)20-14-8-18-9-15(14)23-2)7-19-21(10)12-5-3-11(17)4-6-12/h3-7,14-15,18H,8-9H2,1-2H3,(H,20,22). The normalized spacial score (nSPS) is 20.7. The van der Waals surface area contributed by atoms with Crippen LogP contribution in [0.2, 0.25) is 0 Å². The van der Waals surface area contributed by atoms with E-state index in [0.29, 0.717) is 23.5 Å². The van der Waals surface area contributed by atoms with E-state index >= 15 is 0 Å². The molecule has 0 bridgehead atoms. The van der Waals surface area contributed by atoms with Crippen molar-refractivity contribution in [3.63, 3.8) is 0 Å². The van der Waals surface area contributed by atoms with Crippen LogP contribution in [0.25, 0.3) is 5.69 Å². The second-order valence-electron chi connectivity index (χ2n) is 5.54. The summed E-state index contributed by atoms with van der Waals surface area (Å²) in [7, 11) is 1.63. The quantitative estimate of drug-likeness (QED) is 0.884. The molecule has 3 rings (SSSR count). The van der Waals surface area contributed by atoms with Gasteiger partial charge in [0.05, 0.1) is 35.3 Å². The molecule has 1 aromatic heterocycles. The zero-order valence-corrected chi connectivity index (χ0v) is 13.0. The van der Waals surface area contributed by atoms with Crippen molar-refractivity contribution in [1.29, 1.82) is 0 Å². The Labute approximate surface area is 133 Å². The Bertz CT molecular complexity index is 699. The number of aromatic nitrogens is 2. The van der Waals surface area contributed by atoms with Crippen LogP contribution < -0.4 is 10.6 Å². The number of hydrogen-bond donors (Lipinski definition) is 2. The van der Waals surface area contributed by atoms with Gasteiger partial charge in [0.2, 0.25) is 0 Å². The summed E-state index contributed by atoms with van der Waals surface area (Å²) in [4.78, 5) is 12.5. The molecule has 2 N–H and O–H groups in total. The summed E-state index contributed by atoms with van der Waals surface area (Å²) in [5, 5.41) is 10.4. The predicted octanol–water partition coefficient (Wildman–Crippen LogP) is 1.04. The molecule has 7 heteroatoms. The van der Waals surface area contributed by atoms with E-state index in [0.717, 1.165) is 6.54 Å². The number of ether oxygens (including phenoxy) is 1. The minimum atomic E-state index is -0.309. The van der Waals surface area contributed by atoms with Gasteiger partial charge in [-0.3, -0.25) is 4.79 Å². The second-order valence-corrected chi connectivity index (χ2v) is 5.54. The molecule has 23 heavy (non-hydrogen) atoms. The van der Waals surface area contributed by atoms with E-state index in [1.165, 1.54) is 18.3 Å². The first kappa shape index (κ1) is 15.6. The summed E-state index contributed by atoms with van der Waals surface area (Å²) in [6.07, 6.45) is 1.49. The van der Waals surface area contributed by atoms with Gasteiger partial charge in [0, 0.05) is 20.2 Å². The number of nitrogens with one attached hydrogen (secondary N) is 2. The third-order valence-corrected chi connectivity index (χ3v) is 4.10. The minimum Gasteiger partial charge on any atom is -0.378 e. The van der Waals surface area contributed by atoms with Gasteiger partial charge >= 0.3 is 0 Å². The number of amides is 1. The number of nitrogens with zero attached hydrogens (tertiary/aromatic N) is 2. The second kappa shape index (κ2) is 6.47. The lowest BCUT2D eigenvalue weighted by molar-refractivity contribution is 0.0779. The topological polar surface area (TPSA) is 68.2 Å². The molecule has 0 spiro atoms. The fraction of sp³-hybridized carbons (Fsp3) is 0.375. The minimum absolute atomic E-state index is 0.0357. The van der Waals surface area contributed by atoms with Gasteiger partial charge in [-0.1, -0.05) is 0 Å². The first-order valence-corrected chi connectivity index (χ1v) is 7.45. The molecule has 0 aliphatic carbocycles. The fourth-order valence-corrected chi connectivity index (χ4v) is 2.77. The molecule has 1 aliphatic rings. The molecular formula is C16H19FN4O2. The van der Waals surface area contributed by atoms with Crippen molar-refractivity contribution >= 4 is 5.91 Å². The summed E-state index contributed by atoms with van der Waals surface area (Å²) in [5.74, 6) is -0.498. The molecule has 1 aromatic carbocycles. The van der Waals surface area contributed by atoms with Crippen molar-refractivity contribution in [2.45, 2.75) is 19.1 Å². The van der Waals surface area contributed by atoms with Crippen LogP contribution in [-0.4, -0.2) is 48.0 Å². The average molecular weight is 318 g/mol. The summed E-state index contributed by atoms with van der Waals surface area (Å²) in [6.45, 7) is 3.20. The van der Waals surface area contributed by atoms with Gasteiger partial charge in [0.1, 0.15) is 5.82 Å². The Kier molecular flexibility index (Phi) is 4.40.